The Labute approximate surface area is 176 Å². The van der Waals surface area contributed by atoms with Crippen LogP contribution in [0, 0.1) is 11.7 Å². The number of nitrogens with one attached hydrogen (secondary N) is 1. The van der Waals surface area contributed by atoms with Crippen LogP contribution in [-0.4, -0.2) is 36.1 Å². The van der Waals surface area contributed by atoms with Gasteiger partial charge in [-0.2, -0.15) is 26.3 Å². The largest absolute Gasteiger partial charge is 0.451 e. The van der Waals surface area contributed by atoms with Crippen LogP contribution in [0.2, 0.25) is 0 Å². The van der Waals surface area contributed by atoms with Crippen LogP contribution in [0.15, 0.2) is 35.4 Å². The molecular formula is C18H14F7N3O3S. The smallest absolute Gasteiger partial charge is 0.350 e. The molecule has 1 aliphatic rings. The average Bonchev–Trinajstić information content (AvgIpc) is 2.64. The third-order valence-electron chi connectivity index (χ3n) is 4.85. The zero-order chi connectivity index (χ0) is 23.9. The molecule has 0 aliphatic heterocycles. The summed E-state index contributed by atoms with van der Waals surface area (Å²) in [5.74, 6) is -4.15. The van der Waals surface area contributed by atoms with Crippen molar-refractivity contribution in [2.24, 2.45) is 5.92 Å². The van der Waals surface area contributed by atoms with Crippen LogP contribution in [0.3, 0.4) is 0 Å². The lowest BCUT2D eigenvalue weighted by Gasteiger charge is -2.35. The lowest BCUT2D eigenvalue weighted by atomic mass is 9.85. The van der Waals surface area contributed by atoms with Crippen LogP contribution in [-0.2, 0) is 22.2 Å². The van der Waals surface area contributed by atoms with E-state index in [9.17, 15) is 43.9 Å². The first-order valence-corrected chi connectivity index (χ1v) is 10.5. The van der Waals surface area contributed by atoms with Gasteiger partial charge >= 0.3 is 12.4 Å². The Balaban J connectivity index is 1.61. The van der Waals surface area contributed by atoms with E-state index in [1.54, 1.807) is 0 Å². The number of aromatic nitrogens is 2. The van der Waals surface area contributed by atoms with Gasteiger partial charge in [0, 0.05) is 12.7 Å². The molecule has 0 unspecified atom stereocenters. The first-order chi connectivity index (χ1) is 14.7. The summed E-state index contributed by atoms with van der Waals surface area (Å²) >= 11 is 0. The van der Waals surface area contributed by atoms with Crippen LogP contribution >= 0.6 is 0 Å². The molecule has 1 amide bonds. The van der Waals surface area contributed by atoms with Gasteiger partial charge in [0.15, 0.2) is 9.84 Å². The van der Waals surface area contributed by atoms with E-state index < -0.39 is 67.1 Å². The van der Waals surface area contributed by atoms with E-state index >= 15 is 0 Å². The summed E-state index contributed by atoms with van der Waals surface area (Å²) in [7, 11) is -4.25. The number of hydrogen-bond acceptors (Lipinski definition) is 5. The molecule has 1 fully saturated rings. The zero-order valence-electron chi connectivity index (χ0n) is 15.8. The summed E-state index contributed by atoms with van der Waals surface area (Å²) < 4.78 is 115. The lowest BCUT2D eigenvalue weighted by Crippen LogP contribution is -2.42. The lowest BCUT2D eigenvalue weighted by molar-refractivity contribution is -0.145. The van der Waals surface area contributed by atoms with E-state index in [0.717, 1.165) is 12.3 Å². The summed E-state index contributed by atoms with van der Waals surface area (Å²) in [5.41, 5.74) is -1.96. The van der Waals surface area contributed by atoms with E-state index in [2.05, 4.69) is 15.3 Å². The van der Waals surface area contributed by atoms with Crippen LogP contribution in [0.25, 0.3) is 0 Å². The molecule has 0 spiro atoms. The quantitative estimate of drug-likeness (QED) is 0.654. The van der Waals surface area contributed by atoms with E-state index in [1.165, 1.54) is 0 Å². The first-order valence-electron chi connectivity index (χ1n) is 8.98. The Morgan fingerprint density at radius 1 is 1.06 bits per heavy atom. The van der Waals surface area contributed by atoms with Gasteiger partial charge in [-0.15, -0.1) is 0 Å². The van der Waals surface area contributed by atoms with Gasteiger partial charge in [0.1, 0.15) is 11.5 Å². The van der Waals surface area contributed by atoms with Gasteiger partial charge in [-0.3, -0.25) is 4.79 Å². The monoisotopic (exact) mass is 485 g/mol. The molecule has 1 aliphatic carbocycles. The van der Waals surface area contributed by atoms with Gasteiger partial charge in [0.25, 0.3) is 5.91 Å². The third kappa shape index (κ3) is 5.16. The predicted octanol–water partition coefficient (Wildman–Crippen LogP) is 3.64. The van der Waals surface area contributed by atoms with Gasteiger partial charge in [-0.25, -0.2) is 22.8 Å². The molecule has 174 valence electrons. The van der Waals surface area contributed by atoms with E-state index in [1.807, 2.05) is 0 Å². The number of rotatable bonds is 5. The number of benzene rings is 1. The van der Waals surface area contributed by atoms with Crippen molar-refractivity contribution in [3.05, 3.63) is 53.4 Å². The normalized spacial score (nSPS) is 19.3. The molecule has 2 aromatic rings. The van der Waals surface area contributed by atoms with Crippen LogP contribution in [0.5, 0.6) is 0 Å². The molecule has 0 bridgehead atoms. The molecule has 1 heterocycles. The van der Waals surface area contributed by atoms with E-state index in [0.29, 0.717) is 12.1 Å². The van der Waals surface area contributed by atoms with Crippen molar-refractivity contribution >= 4 is 15.7 Å². The Morgan fingerprint density at radius 3 is 2.31 bits per heavy atom. The second-order valence-corrected chi connectivity index (χ2v) is 9.38. The van der Waals surface area contributed by atoms with Crippen molar-refractivity contribution in [2.75, 3.05) is 6.54 Å². The van der Waals surface area contributed by atoms with Gasteiger partial charge in [0.05, 0.1) is 15.7 Å². The topological polar surface area (TPSA) is 89.0 Å². The number of carbonyl (C=O) groups is 1. The fourth-order valence-electron chi connectivity index (χ4n) is 3.13. The fourth-order valence-corrected chi connectivity index (χ4v) is 5.13. The van der Waals surface area contributed by atoms with Gasteiger partial charge in [0.2, 0.25) is 5.82 Å². The Hall–Kier alpha value is -2.77. The standard InChI is InChI=1S/C18H14F7N3O3S/c19-11-5-10(17(20,21)22)6-13(7-11)32(30,31)12-3-9(4-12)8-27-15(29)14-1-2-26-16(28-14)18(23,24)25/h1-2,5-7,9,12H,3-4,8H2,(H,27,29)/t9-,12-. The minimum atomic E-state index is -4.92. The molecule has 0 saturated heterocycles. The molecule has 3 rings (SSSR count). The summed E-state index contributed by atoms with van der Waals surface area (Å²) in [6.07, 6.45) is -9.05. The number of carbonyl (C=O) groups excluding carboxylic acids is 1. The van der Waals surface area contributed by atoms with E-state index in [-0.39, 0.29) is 25.5 Å². The molecule has 6 nitrogen and oxygen atoms in total. The van der Waals surface area contributed by atoms with Crippen molar-refractivity contribution in [3.63, 3.8) is 0 Å². The first kappa shape index (κ1) is 23.9. The maximum Gasteiger partial charge on any atom is 0.451 e. The highest BCUT2D eigenvalue weighted by molar-refractivity contribution is 7.92. The Kier molecular flexibility index (Phi) is 6.19. The number of hydrogen-bond donors (Lipinski definition) is 1. The molecule has 14 heteroatoms. The number of amides is 1. The summed E-state index contributed by atoms with van der Waals surface area (Å²) in [6, 6.07) is 2.03. The SMILES string of the molecule is O=C(NC[C@H]1C[C@H](S(=O)(=O)c2cc(F)cc(C(F)(F)F)c2)C1)c1ccnc(C(F)(F)F)n1. The molecule has 0 radical (unpaired) electrons. The Morgan fingerprint density at radius 2 is 1.72 bits per heavy atom. The third-order valence-corrected chi connectivity index (χ3v) is 7.01. The maximum absolute atomic E-state index is 13.5. The van der Waals surface area contributed by atoms with Crippen LogP contribution in [0.1, 0.15) is 34.7 Å². The number of nitrogens with zero attached hydrogens (tertiary/aromatic N) is 2. The van der Waals surface area contributed by atoms with Crippen molar-refractivity contribution in [1.82, 2.24) is 15.3 Å². The minimum Gasteiger partial charge on any atom is -0.350 e. The molecule has 1 aromatic heterocycles. The van der Waals surface area contributed by atoms with Crippen molar-refractivity contribution < 1.29 is 43.9 Å². The summed E-state index contributed by atoms with van der Waals surface area (Å²) in [6.45, 7) is -0.0901. The average molecular weight is 485 g/mol. The zero-order valence-corrected chi connectivity index (χ0v) is 16.7. The second kappa shape index (κ2) is 8.30. The van der Waals surface area contributed by atoms with Gasteiger partial charge in [-0.05, 0) is 43.0 Å². The van der Waals surface area contributed by atoms with Crippen molar-refractivity contribution in [3.8, 4) is 0 Å². The molecular weight excluding hydrogens is 471 g/mol. The highest BCUT2D eigenvalue weighted by Gasteiger charge is 2.41. The van der Waals surface area contributed by atoms with Gasteiger partial charge in [-0.1, -0.05) is 0 Å². The highest BCUT2D eigenvalue weighted by atomic mass is 32.2. The number of alkyl halides is 6. The Bertz CT molecular complexity index is 1130. The van der Waals surface area contributed by atoms with Crippen LogP contribution < -0.4 is 5.32 Å². The predicted molar refractivity (Wildman–Crippen MR) is 94.5 cm³/mol. The second-order valence-electron chi connectivity index (χ2n) is 7.15. The minimum absolute atomic E-state index is 0.0297. The van der Waals surface area contributed by atoms with Gasteiger partial charge < -0.3 is 5.32 Å². The van der Waals surface area contributed by atoms with Crippen molar-refractivity contribution in [2.45, 2.75) is 35.3 Å². The summed E-state index contributed by atoms with van der Waals surface area (Å²) in [5, 5.41) is 1.25. The fraction of sp³-hybridized carbons (Fsp3) is 0.389. The molecule has 1 N–H and O–H groups in total. The molecule has 1 saturated carbocycles. The summed E-state index contributed by atoms with van der Waals surface area (Å²) in [4.78, 5) is 17.4. The highest BCUT2D eigenvalue weighted by Crippen LogP contribution is 2.38. The molecule has 32 heavy (non-hydrogen) atoms. The maximum atomic E-state index is 13.5. The van der Waals surface area contributed by atoms with Crippen LogP contribution in [0.4, 0.5) is 30.7 Å². The number of sulfone groups is 1. The van der Waals surface area contributed by atoms with Crippen molar-refractivity contribution in [1.29, 1.82) is 0 Å². The van der Waals surface area contributed by atoms with E-state index in [4.69, 9.17) is 0 Å². The molecule has 0 atom stereocenters. The number of halogens is 7. The molecule has 1 aromatic carbocycles.